The fourth-order valence-corrected chi connectivity index (χ4v) is 4.82. The van der Waals surface area contributed by atoms with Crippen LogP contribution in [0.5, 0.6) is 5.75 Å². The Morgan fingerprint density at radius 3 is 2.76 bits per heavy atom. The first-order valence-electron chi connectivity index (χ1n) is 9.95. The van der Waals surface area contributed by atoms with Gasteiger partial charge >= 0.3 is 0 Å². The SMILES string of the molecule is COc1ccc(Br)cc1[C@@H]1C(C(=O)N2CCOCC2)=C(C)NC2=C1C(=O)CCC2. The van der Waals surface area contributed by atoms with E-state index in [0.717, 1.165) is 34.3 Å². The second-order valence-electron chi connectivity index (χ2n) is 7.56. The van der Waals surface area contributed by atoms with Gasteiger partial charge in [0.2, 0.25) is 0 Å². The second kappa shape index (κ2) is 8.32. The quantitative estimate of drug-likeness (QED) is 0.749. The molecule has 7 heteroatoms. The van der Waals surface area contributed by atoms with Crippen molar-refractivity contribution in [3.05, 3.63) is 50.8 Å². The van der Waals surface area contributed by atoms with E-state index in [0.29, 0.717) is 49.6 Å². The largest absolute Gasteiger partial charge is 0.496 e. The molecule has 1 N–H and O–H groups in total. The lowest BCUT2D eigenvalue weighted by Gasteiger charge is -2.37. The van der Waals surface area contributed by atoms with E-state index in [9.17, 15) is 9.59 Å². The Hall–Kier alpha value is -2.12. The van der Waals surface area contributed by atoms with Crippen molar-refractivity contribution >= 4 is 27.6 Å². The van der Waals surface area contributed by atoms with Crippen LogP contribution >= 0.6 is 15.9 Å². The number of dihydropyridines is 1. The highest BCUT2D eigenvalue weighted by Gasteiger charge is 2.41. The van der Waals surface area contributed by atoms with E-state index in [1.54, 1.807) is 7.11 Å². The second-order valence-corrected chi connectivity index (χ2v) is 8.47. The van der Waals surface area contributed by atoms with E-state index in [2.05, 4.69) is 21.2 Å². The summed E-state index contributed by atoms with van der Waals surface area (Å²) in [6.07, 6.45) is 2.14. The third kappa shape index (κ3) is 3.73. The van der Waals surface area contributed by atoms with Gasteiger partial charge in [-0.15, -0.1) is 0 Å². The van der Waals surface area contributed by atoms with Gasteiger partial charge in [0.1, 0.15) is 5.75 Å². The molecular formula is C22H25BrN2O4. The highest BCUT2D eigenvalue weighted by Crippen LogP contribution is 2.46. The molecule has 1 fully saturated rings. The fraction of sp³-hybridized carbons (Fsp3) is 0.455. The Morgan fingerprint density at radius 2 is 2.03 bits per heavy atom. The van der Waals surface area contributed by atoms with Crippen molar-refractivity contribution in [2.24, 2.45) is 0 Å². The Morgan fingerprint density at radius 1 is 1.28 bits per heavy atom. The summed E-state index contributed by atoms with van der Waals surface area (Å²) in [6.45, 7) is 4.09. The Bertz CT molecular complexity index is 915. The summed E-state index contributed by atoms with van der Waals surface area (Å²) in [4.78, 5) is 28.4. The molecule has 4 rings (SSSR count). The number of nitrogens with one attached hydrogen (secondary N) is 1. The average Bonchev–Trinajstić information content (AvgIpc) is 2.73. The number of allylic oxidation sites excluding steroid dienone is 3. The lowest BCUT2D eigenvalue weighted by atomic mass is 9.74. The van der Waals surface area contributed by atoms with E-state index >= 15 is 0 Å². The van der Waals surface area contributed by atoms with Gasteiger partial charge in [0.15, 0.2) is 5.78 Å². The van der Waals surface area contributed by atoms with Gasteiger partial charge in [0.05, 0.1) is 26.2 Å². The molecule has 6 nitrogen and oxygen atoms in total. The van der Waals surface area contributed by atoms with Crippen molar-refractivity contribution < 1.29 is 19.1 Å². The van der Waals surface area contributed by atoms with Crippen LogP contribution in [0, 0.1) is 0 Å². The van der Waals surface area contributed by atoms with Crippen molar-refractivity contribution in [1.82, 2.24) is 10.2 Å². The monoisotopic (exact) mass is 460 g/mol. The maximum absolute atomic E-state index is 13.6. The molecule has 2 aliphatic heterocycles. The van der Waals surface area contributed by atoms with Crippen LogP contribution in [-0.2, 0) is 14.3 Å². The van der Waals surface area contributed by atoms with Crippen LogP contribution in [0.1, 0.15) is 37.7 Å². The van der Waals surface area contributed by atoms with Crippen LogP contribution in [0.4, 0.5) is 0 Å². The van der Waals surface area contributed by atoms with E-state index in [1.165, 1.54) is 0 Å². The zero-order valence-electron chi connectivity index (χ0n) is 16.7. The van der Waals surface area contributed by atoms with Crippen LogP contribution in [0.2, 0.25) is 0 Å². The molecule has 1 aromatic rings. The zero-order valence-corrected chi connectivity index (χ0v) is 18.3. The first-order valence-corrected chi connectivity index (χ1v) is 10.7. The number of hydrogen-bond donors (Lipinski definition) is 1. The van der Waals surface area contributed by atoms with Gasteiger partial charge in [-0.25, -0.2) is 0 Å². The summed E-state index contributed by atoms with van der Waals surface area (Å²) in [5.74, 6) is 0.285. The average molecular weight is 461 g/mol. The van der Waals surface area contributed by atoms with Gasteiger partial charge in [0.25, 0.3) is 5.91 Å². The molecule has 1 atom stereocenters. The van der Waals surface area contributed by atoms with Crippen LogP contribution < -0.4 is 10.1 Å². The van der Waals surface area contributed by atoms with Crippen molar-refractivity contribution in [2.45, 2.75) is 32.1 Å². The highest BCUT2D eigenvalue weighted by atomic mass is 79.9. The van der Waals surface area contributed by atoms with Gasteiger partial charge in [-0.3, -0.25) is 9.59 Å². The lowest BCUT2D eigenvalue weighted by Crippen LogP contribution is -2.44. The van der Waals surface area contributed by atoms with E-state index in [4.69, 9.17) is 9.47 Å². The number of Topliss-reactive ketones (excluding diaryl/α,β-unsaturated/α-hetero) is 1. The Balaban J connectivity index is 1.87. The van der Waals surface area contributed by atoms with Crippen molar-refractivity contribution in [3.63, 3.8) is 0 Å². The third-order valence-corrected chi connectivity index (χ3v) is 6.30. The molecule has 0 spiro atoms. The van der Waals surface area contributed by atoms with Crippen LogP contribution in [0.15, 0.2) is 45.2 Å². The summed E-state index contributed by atoms with van der Waals surface area (Å²) in [5, 5.41) is 3.38. The summed E-state index contributed by atoms with van der Waals surface area (Å²) >= 11 is 3.54. The number of ether oxygens (including phenoxy) is 2. The number of methoxy groups -OCH3 is 1. The summed E-state index contributed by atoms with van der Waals surface area (Å²) in [5.41, 5.74) is 3.90. The molecule has 1 saturated heterocycles. The van der Waals surface area contributed by atoms with Crippen LogP contribution in [-0.4, -0.2) is 50.0 Å². The minimum atomic E-state index is -0.443. The number of carbonyl (C=O) groups is 2. The number of benzene rings is 1. The summed E-state index contributed by atoms with van der Waals surface area (Å²) in [7, 11) is 1.62. The summed E-state index contributed by atoms with van der Waals surface area (Å²) < 4.78 is 11.9. The Kier molecular flexibility index (Phi) is 5.79. The van der Waals surface area contributed by atoms with E-state index < -0.39 is 5.92 Å². The third-order valence-electron chi connectivity index (χ3n) is 5.81. The number of rotatable bonds is 3. The minimum absolute atomic E-state index is 0.0461. The van der Waals surface area contributed by atoms with Gasteiger partial charge < -0.3 is 19.7 Å². The van der Waals surface area contributed by atoms with Gasteiger partial charge in [-0.05, 0) is 38.0 Å². The molecule has 0 bridgehead atoms. The normalized spacial score (nSPS) is 22.4. The first kappa shape index (κ1) is 20.2. The molecule has 1 aliphatic carbocycles. The molecule has 0 unspecified atom stereocenters. The van der Waals surface area contributed by atoms with E-state index in [-0.39, 0.29) is 11.7 Å². The number of halogens is 1. The number of carbonyl (C=O) groups excluding carboxylic acids is 2. The van der Waals surface area contributed by atoms with Crippen molar-refractivity contribution in [3.8, 4) is 5.75 Å². The number of hydrogen-bond acceptors (Lipinski definition) is 5. The number of morpholine rings is 1. The predicted octanol–water partition coefficient (Wildman–Crippen LogP) is 3.28. The number of amides is 1. The maximum Gasteiger partial charge on any atom is 0.252 e. The molecule has 0 saturated carbocycles. The van der Waals surface area contributed by atoms with E-state index in [1.807, 2.05) is 30.0 Å². The molecule has 3 aliphatic rings. The Labute approximate surface area is 179 Å². The number of nitrogens with zero attached hydrogens (tertiary/aromatic N) is 1. The van der Waals surface area contributed by atoms with Crippen LogP contribution in [0.3, 0.4) is 0 Å². The fourth-order valence-electron chi connectivity index (χ4n) is 4.45. The topological polar surface area (TPSA) is 67.9 Å². The molecule has 1 aromatic carbocycles. The summed E-state index contributed by atoms with van der Waals surface area (Å²) in [6, 6.07) is 5.74. The van der Waals surface area contributed by atoms with Crippen molar-refractivity contribution in [1.29, 1.82) is 0 Å². The molecule has 154 valence electrons. The highest BCUT2D eigenvalue weighted by molar-refractivity contribution is 9.10. The van der Waals surface area contributed by atoms with Gasteiger partial charge in [-0.2, -0.15) is 0 Å². The van der Waals surface area contributed by atoms with Crippen molar-refractivity contribution in [2.75, 3.05) is 33.4 Å². The molecule has 29 heavy (non-hydrogen) atoms. The number of ketones is 1. The standard InChI is InChI=1S/C22H25BrN2O4/c1-13-19(22(27)25-8-10-29-11-9-25)20(15-12-14(23)6-7-18(15)28-2)21-16(24-13)4-3-5-17(21)26/h6-7,12,20,24H,3-5,8-11H2,1-2H3/t20-/m1/s1. The first-order chi connectivity index (χ1) is 14.0. The predicted molar refractivity (Wildman–Crippen MR) is 113 cm³/mol. The van der Waals surface area contributed by atoms with Gasteiger partial charge in [-0.1, -0.05) is 15.9 Å². The lowest BCUT2D eigenvalue weighted by molar-refractivity contribution is -0.131. The molecule has 0 radical (unpaired) electrons. The zero-order chi connectivity index (χ0) is 20.5. The maximum atomic E-state index is 13.6. The van der Waals surface area contributed by atoms with Gasteiger partial charge in [0, 0.05) is 52.1 Å². The smallest absolute Gasteiger partial charge is 0.252 e. The molecule has 1 amide bonds. The molecule has 2 heterocycles. The van der Waals surface area contributed by atoms with Crippen LogP contribution in [0.25, 0.3) is 0 Å². The minimum Gasteiger partial charge on any atom is -0.496 e. The molecule has 0 aromatic heterocycles. The molecular weight excluding hydrogens is 436 g/mol.